The Balaban J connectivity index is 1.97. The van der Waals surface area contributed by atoms with Crippen molar-refractivity contribution in [2.24, 2.45) is 4.99 Å². The van der Waals surface area contributed by atoms with E-state index < -0.39 is 10.9 Å². The number of carbonyl (C=O) groups is 1. The van der Waals surface area contributed by atoms with Gasteiger partial charge in [-0.25, -0.2) is 9.79 Å². The normalized spacial score (nSPS) is 15.0. The van der Waals surface area contributed by atoms with Crippen molar-refractivity contribution < 1.29 is 19.2 Å². The molecule has 0 N–H and O–H groups in total. The highest BCUT2D eigenvalue weighted by Crippen LogP contribution is 2.27. The van der Waals surface area contributed by atoms with Gasteiger partial charge in [-0.15, -0.1) is 0 Å². The summed E-state index contributed by atoms with van der Waals surface area (Å²) in [5.41, 5.74) is 1.63. The molecule has 3 rings (SSSR count). The molecule has 0 saturated carbocycles. The van der Waals surface area contributed by atoms with Crippen molar-refractivity contribution in [2.45, 2.75) is 26.9 Å². The highest BCUT2D eigenvalue weighted by molar-refractivity contribution is 6.13. The molecule has 0 amide bonds. The summed E-state index contributed by atoms with van der Waals surface area (Å²) in [5.74, 6) is 0.0478. The molecular weight excluding hydrogens is 348 g/mol. The summed E-state index contributed by atoms with van der Waals surface area (Å²) >= 11 is 0. The van der Waals surface area contributed by atoms with E-state index in [0.717, 1.165) is 0 Å². The minimum Gasteiger partial charge on any atom is -0.490 e. The van der Waals surface area contributed by atoms with Crippen LogP contribution in [0, 0.1) is 17.0 Å². The van der Waals surface area contributed by atoms with E-state index in [1.165, 1.54) is 6.07 Å². The molecular formula is C20H18N2O5. The zero-order valence-corrected chi connectivity index (χ0v) is 15.1. The number of aliphatic imine (C=N–C) groups is 1. The third-order valence-corrected chi connectivity index (χ3v) is 3.85. The highest BCUT2D eigenvalue weighted by atomic mass is 16.6. The maximum atomic E-state index is 12.2. The molecule has 7 heteroatoms. The van der Waals surface area contributed by atoms with Gasteiger partial charge in [0.2, 0.25) is 5.90 Å². The third kappa shape index (κ3) is 4.03. The van der Waals surface area contributed by atoms with Gasteiger partial charge < -0.3 is 9.47 Å². The van der Waals surface area contributed by atoms with Crippen molar-refractivity contribution in [2.75, 3.05) is 0 Å². The number of aryl methyl sites for hydroxylation is 1. The van der Waals surface area contributed by atoms with Crippen molar-refractivity contribution in [1.82, 2.24) is 0 Å². The number of nitrogens with zero attached hydrogens (tertiary/aromatic N) is 2. The van der Waals surface area contributed by atoms with E-state index in [0.29, 0.717) is 22.4 Å². The fourth-order valence-electron chi connectivity index (χ4n) is 2.58. The minimum absolute atomic E-state index is 0.0211. The van der Waals surface area contributed by atoms with Crippen LogP contribution in [0.5, 0.6) is 5.75 Å². The number of ether oxygens (including phenoxy) is 2. The minimum atomic E-state index is -0.618. The van der Waals surface area contributed by atoms with Crippen LogP contribution in [-0.2, 0) is 9.53 Å². The van der Waals surface area contributed by atoms with Gasteiger partial charge in [-0.2, -0.15) is 0 Å². The molecule has 1 aliphatic rings. The molecule has 7 nitrogen and oxygen atoms in total. The number of esters is 1. The molecule has 0 unspecified atom stereocenters. The summed E-state index contributed by atoms with van der Waals surface area (Å²) in [6.07, 6.45) is 1.56. The molecule has 0 bridgehead atoms. The Morgan fingerprint density at radius 3 is 2.67 bits per heavy atom. The Labute approximate surface area is 156 Å². The Morgan fingerprint density at radius 2 is 1.96 bits per heavy atom. The van der Waals surface area contributed by atoms with Gasteiger partial charge in [0.1, 0.15) is 5.75 Å². The van der Waals surface area contributed by atoms with Gasteiger partial charge in [0.05, 0.1) is 11.0 Å². The maximum Gasteiger partial charge on any atom is 0.363 e. The van der Waals surface area contributed by atoms with Gasteiger partial charge in [0.15, 0.2) is 5.70 Å². The fourth-order valence-corrected chi connectivity index (χ4v) is 2.58. The van der Waals surface area contributed by atoms with Crippen LogP contribution in [0.2, 0.25) is 0 Å². The highest BCUT2D eigenvalue weighted by Gasteiger charge is 2.26. The maximum absolute atomic E-state index is 12.2. The van der Waals surface area contributed by atoms with Crippen LogP contribution < -0.4 is 4.74 Å². The second-order valence-corrected chi connectivity index (χ2v) is 6.30. The summed E-state index contributed by atoms with van der Waals surface area (Å²) < 4.78 is 10.9. The SMILES string of the molecule is Cc1ccc(C2=N/C(=C\c3ccccc3OC(C)C)C(=O)O2)cc1[N+](=O)[O-]. The first kappa shape index (κ1) is 18.3. The quantitative estimate of drug-likeness (QED) is 0.345. The summed E-state index contributed by atoms with van der Waals surface area (Å²) in [6, 6.07) is 11.9. The van der Waals surface area contributed by atoms with Gasteiger partial charge in [0, 0.05) is 22.8 Å². The molecule has 0 spiro atoms. The summed E-state index contributed by atoms with van der Waals surface area (Å²) in [5, 5.41) is 11.1. The fraction of sp³-hybridized carbons (Fsp3) is 0.200. The van der Waals surface area contributed by atoms with E-state index in [4.69, 9.17) is 9.47 Å². The topological polar surface area (TPSA) is 91.0 Å². The molecule has 1 aliphatic heterocycles. The van der Waals surface area contributed by atoms with Crippen LogP contribution in [0.1, 0.15) is 30.5 Å². The molecule has 2 aromatic carbocycles. The molecule has 0 aromatic heterocycles. The average Bonchev–Trinajstić information content (AvgIpc) is 2.97. The molecule has 1 heterocycles. The Hall–Kier alpha value is -3.48. The monoisotopic (exact) mass is 366 g/mol. The van der Waals surface area contributed by atoms with E-state index >= 15 is 0 Å². The summed E-state index contributed by atoms with van der Waals surface area (Å²) in [7, 11) is 0. The molecule has 2 aromatic rings. The van der Waals surface area contributed by atoms with Gasteiger partial charge in [-0.05, 0) is 39.0 Å². The second kappa shape index (κ2) is 7.41. The zero-order valence-electron chi connectivity index (χ0n) is 15.1. The Kier molecular flexibility index (Phi) is 5.03. The molecule has 0 radical (unpaired) electrons. The number of hydrogen-bond acceptors (Lipinski definition) is 6. The van der Waals surface area contributed by atoms with Crippen LogP contribution >= 0.6 is 0 Å². The average molecular weight is 366 g/mol. The lowest BCUT2D eigenvalue weighted by Crippen LogP contribution is -2.07. The van der Waals surface area contributed by atoms with Gasteiger partial charge >= 0.3 is 5.97 Å². The number of para-hydroxylation sites is 1. The van der Waals surface area contributed by atoms with Crippen LogP contribution in [0.15, 0.2) is 53.2 Å². The van der Waals surface area contributed by atoms with E-state index in [1.807, 2.05) is 32.0 Å². The second-order valence-electron chi connectivity index (χ2n) is 6.30. The molecule has 0 aliphatic carbocycles. The number of nitro groups is 1. The van der Waals surface area contributed by atoms with E-state index in [2.05, 4.69) is 4.99 Å². The number of benzene rings is 2. The lowest BCUT2D eigenvalue weighted by Gasteiger charge is -2.12. The first-order valence-electron chi connectivity index (χ1n) is 8.39. The van der Waals surface area contributed by atoms with Crippen molar-refractivity contribution in [3.63, 3.8) is 0 Å². The van der Waals surface area contributed by atoms with Gasteiger partial charge in [0.25, 0.3) is 5.69 Å². The van der Waals surface area contributed by atoms with E-state index in [-0.39, 0.29) is 23.4 Å². The van der Waals surface area contributed by atoms with Crippen molar-refractivity contribution in [3.8, 4) is 5.75 Å². The molecule has 0 atom stereocenters. The van der Waals surface area contributed by atoms with Crippen molar-refractivity contribution in [1.29, 1.82) is 0 Å². The predicted molar refractivity (Wildman–Crippen MR) is 101 cm³/mol. The Morgan fingerprint density at radius 1 is 1.22 bits per heavy atom. The molecule has 27 heavy (non-hydrogen) atoms. The van der Waals surface area contributed by atoms with Gasteiger partial charge in [-0.3, -0.25) is 10.1 Å². The lowest BCUT2D eigenvalue weighted by molar-refractivity contribution is -0.385. The zero-order chi connectivity index (χ0) is 19.6. The number of nitro benzene ring substituents is 1. The van der Waals surface area contributed by atoms with Crippen molar-refractivity contribution in [3.05, 3.63) is 75.0 Å². The number of rotatable bonds is 5. The van der Waals surface area contributed by atoms with E-state index in [9.17, 15) is 14.9 Å². The molecule has 0 saturated heterocycles. The summed E-state index contributed by atoms with van der Waals surface area (Å²) in [4.78, 5) is 27.1. The summed E-state index contributed by atoms with van der Waals surface area (Å²) in [6.45, 7) is 5.46. The number of cyclic esters (lactones) is 1. The molecule has 0 fully saturated rings. The predicted octanol–water partition coefficient (Wildman–Crippen LogP) is 4.03. The van der Waals surface area contributed by atoms with Crippen molar-refractivity contribution >= 4 is 23.6 Å². The van der Waals surface area contributed by atoms with Crippen LogP contribution in [-0.4, -0.2) is 22.9 Å². The first-order valence-corrected chi connectivity index (χ1v) is 8.39. The number of carbonyl (C=O) groups excluding carboxylic acids is 1. The molecule has 138 valence electrons. The van der Waals surface area contributed by atoms with Crippen LogP contribution in [0.25, 0.3) is 6.08 Å². The first-order chi connectivity index (χ1) is 12.8. The van der Waals surface area contributed by atoms with E-state index in [1.54, 1.807) is 31.2 Å². The lowest BCUT2D eigenvalue weighted by atomic mass is 10.1. The van der Waals surface area contributed by atoms with Gasteiger partial charge in [-0.1, -0.05) is 24.3 Å². The smallest absolute Gasteiger partial charge is 0.363 e. The standard InChI is InChI=1S/C20H18N2O5/c1-12(2)26-18-7-5-4-6-14(18)10-16-20(23)27-19(21-16)15-9-8-13(3)17(11-15)22(24)25/h4-12H,1-3H3/b16-10-. The third-order valence-electron chi connectivity index (χ3n) is 3.85. The Bertz CT molecular complexity index is 976. The van der Waals surface area contributed by atoms with Crippen LogP contribution in [0.4, 0.5) is 5.69 Å². The largest absolute Gasteiger partial charge is 0.490 e. The van der Waals surface area contributed by atoms with Crippen LogP contribution in [0.3, 0.4) is 0 Å². The number of hydrogen-bond donors (Lipinski definition) is 0.